The van der Waals surface area contributed by atoms with Crippen LogP contribution in [0.2, 0.25) is 0 Å². The van der Waals surface area contributed by atoms with E-state index in [9.17, 15) is 0 Å². The summed E-state index contributed by atoms with van der Waals surface area (Å²) in [5.41, 5.74) is 2.65. The van der Waals surface area contributed by atoms with E-state index in [0.717, 1.165) is 25.3 Å². The van der Waals surface area contributed by atoms with Gasteiger partial charge in [-0.15, -0.1) is 10.2 Å². The minimum atomic E-state index is 0.148. The van der Waals surface area contributed by atoms with Gasteiger partial charge in [-0.3, -0.25) is 4.90 Å². The van der Waals surface area contributed by atoms with Crippen LogP contribution in [0.25, 0.3) is 5.57 Å². The Hall–Kier alpha value is -2.14. The third-order valence-electron chi connectivity index (χ3n) is 4.15. The van der Waals surface area contributed by atoms with E-state index >= 15 is 0 Å². The number of hydrogen-bond acceptors (Lipinski definition) is 5. The maximum absolute atomic E-state index is 5.54. The molecule has 0 fully saturated rings. The van der Waals surface area contributed by atoms with Crippen molar-refractivity contribution in [2.75, 3.05) is 20.2 Å². The van der Waals surface area contributed by atoms with Crippen LogP contribution in [0.4, 0.5) is 0 Å². The molecular formula is C17H21N3O2. The molecule has 2 heterocycles. The van der Waals surface area contributed by atoms with Crippen LogP contribution < -0.4 is 4.74 Å². The van der Waals surface area contributed by atoms with Crippen molar-refractivity contribution >= 4 is 5.57 Å². The lowest BCUT2D eigenvalue weighted by molar-refractivity contribution is 0.199. The average Bonchev–Trinajstić information content (AvgIpc) is 3.01. The molecule has 1 aromatic heterocycles. The molecular weight excluding hydrogens is 278 g/mol. The van der Waals surface area contributed by atoms with Gasteiger partial charge < -0.3 is 9.15 Å². The number of rotatable bonds is 4. The van der Waals surface area contributed by atoms with Gasteiger partial charge in [-0.25, -0.2) is 0 Å². The summed E-state index contributed by atoms with van der Waals surface area (Å²) in [6.07, 6.45) is 3.30. The number of aromatic nitrogens is 2. The molecule has 0 spiro atoms. The molecule has 0 aliphatic carbocycles. The molecule has 0 amide bonds. The second kappa shape index (κ2) is 6.32. The van der Waals surface area contributed by atoms with Gasteiger partial charge in [0.1, 0.15) is 5.75 Å². The topological polar surface area (TPSA) is 51.4 Å². The quantitative estimate of drug-likeness (QED) is 0.867. The van der Waals surface area contributed by atoms with Gasteiger partial charge in [0, 0.05) is 20.0 Å². The minimum Gasteiger partial charge on any atom is -0.497 e. The highest BCUT2D eigenvalue weighted by Gasteiger charge is 2.23. The Morgan fingerprint density at radius 2 is 2.00 bits per heavy atom. The van der Waals surface area contributed by atoms with E-state index in [-0.39, 0.29) is 6.04 Å². The van der Waals surface area contributed by atoms with Crippen molar-refractivity contribution in [1.29, 1.82) is 0 Å². The smallest absolute Gasteiger partial charge is 0.233 e. The Balaban J connectivity index is 1.68. The Labute approximate surface area is 130 Å². The largest absolute Gasteiger partial charge is 0.497 e. The summed E-state index contributed by atoms with van der Waals surface area (Å²) in [7, 11) is 1.69. The second-order valence-electron chi connectivity index (χ2n) is 5.54. The fourth-order valence-electron chi connectivity index (χ4n) is 2.74. The first-order valence-corrected chi connectivity index (χ1v) is 7.55. The fourth-order valence-corrected chi connectivity index (χ4v) is 2.74. The van der Waals surface area contributed by atoms with E-state index < -0.39 is 0 Å². The van der Waals surface area contributed by atoms with Crippen LogP contribution in [0.15, 0.2) is 34.8 Å². The number of methoxy groups -OCH3 is 1. The van der Waals surface area contributed by atoms with Crippen molar-refractivity contribution < 1.29 is 9.15 Å². The molecule has 0 N–H and O–H groups in total. The van der Waals surface area contributed by atoms with Crippen LogP contribution in [-0.4, -0.2) is 35.3 Å². The molecule has 5 heteroatoms. The highest BCUT2D eigenvalue weighted by molar-refractivity contribution is 5.67. The molecule has 0 saturated heterocycles. The Kier molecular flexibility index (Phi) is 4.24. The van der Waals surface area contributed by atoms with Crippen LogP contribution in [0.1, 0.15) is 36.7 Å². The SMILES string of the molecule is COc1ccc(C2=CCN([C@H](C)c3nnc(C)o3)CC2)cc1. The molecule has 3 rings (SSSR count). The van der Waals surface area contributed by atoms with Crippen LogP contribution >= 0.6 is 0 Å². The van der Waals surface area contributed by atoms with E-state index in [4.69, 9.17) is 9.15 Å². The van der Waals surface area contributed by atoms with Crippen molar-refractivity contribution in [2.45, 2.75) is 26.3 Å². The molecule has 0 radical (unpaired) electrons. The van der Waals surface area contributed by atoms with Crippen LogP contribution in [0.5, 0.6) is 5.75 Å². The van der Waals surface area contributed by atoms with Crippen LogP contribution in [0.3, 0.4) is 0 Å². The monoisotopic (exact) mass is 299 g/mol. The molecule has 22 heavy (non-hydrogen) atoms. The summed E-state index contributed by atoms with van der Waals surface area (Å²) in [6.45, 7) is 5.81. The number of ether oxygens (including phenoxy) is 1. The van der Waals surface area contributed by atoms with Crippen molar-refractivity contribution in [3.8, 4) is 5.75 Å². The molecule has 1 atom stereocenters. The van der Waals surface area contributed by atoms with E-state index in [2.05, 4.69) is 40.2 Å². The van der Waals surface area contributed by atoms with Gasteiger partial charge in [-0.1, -0.05) is 18.2 Å². The number of benzene rings is 1. The fraction of sp³-hybridized carbons (Fsp3) is 0.412. The zero-order valence-electron chi connectivity index (χ0n) is 13.2. The maximum Gasteiger partial charge on any atom is 0.233 e. The van der Waals surface area contributed by atoms with Crippen LogP contribution in [-0.2, 0) is 0 Å². The van der Waals surface area contributed by atoms with Crippen molar-refractivity contribution in [3.63, 3.8) is 0 Å². The van der Waals surface area contributed by atoms with Gasteiger partial charge in [0.25, 0.3) is 0 Å². The lowest BCUT2D eigenvalue weighted by Gasteiger charge is -2.30. The van der Waals surface area contributed by atoms with Crippen molar-refractivity contribution in [1.82, 2.24) is 15.1 Å². The summed E-state index contributed by atoms with van der Waals surface area (Å²) in [5.74, 6) is 2.20. The number of hydrogen-bond donors (Lipinski definition) is 0. The van der Waals surface area contributed by atoms with E-state index in [1.807, 2.05) is 19.1 Å². The Bertz CT molecular complexity index is 661. The molecule has 1 aromatic carbocycles. The Morgan fingerprint density at radius 1 is 1.23 bits per heavy atom. The first-order valence-electron chi connectivity index (χ1n) is 7.55. The summed E-state index contributed by atoms with van der Waals surface area (Å²) in [5, 5.41) is 8.04. The van der Waals surface area contributed by atoms with Gasteiger partial charge in [0.2, 0.25) is 11.8 Å². The van der Waals surface area contributed by atoms with Gasteiger partial charge >= 0.3 is 0 Å². The third kappa shape index (κ3) is 3.04. The number of nitrogens with zero attached hydrogens (tertiary/aromatic N) is 3. The third-order valence-corrected chi connectivity index (χ3v) is 4.15. The molecule has 0 saturated carbocycles. The van der Waals surface area contributed by atoms with E-state index in [0.29, 0.717) is 11.8 Å². The van der Waals surface area contributed by atoms with E-state index in [1.165, 1.54) is 11.1 Å². The lowest BCUT2D eigenvalue weighted by Crippen LogP contribution is -2.31. The Morgan fingerprint density at radius 3 is 2.55 bits per heavy atom. The predicted molar refractivity (Wildman–Crippen MR) is 84.6 cm³/mol. The zero-order chi connectivity index (χ0) is 15.5. The molecule has 2 aromatic rings. The maximum atomic E-state index is 5.54. The molecule has 1 aliphatic heterocycles. The highest BCUT2D eigenvalue weighted by Crippen LogP contribution is 2.28. The minimum absolute atomic E-state index is 0.148. The highest BCUT2D eigenvalue weighted by atomic mass is 16.5. The summed E-state index contributed by atoms with van der Waals surface area (Å²) in [6, 6.07) is 8.39. The van der Waals surface area contributed by atoms with Gasteiger partial charge in [-0.05, 0) is 36.6 Å². The van der Waals surface area contributed by atoms with Crippen molar-refractivity contribution in [3.05, 3.63) is 47.7 Å². The van der Waals surface area contributed by atoms with Crippen LogP contribution in [0, 0.1) is 6.92 Å². The van der Waals surface area contributed by atoms with E-state index in [1.54, 1.807) is 7.11 Å². The molecule has 0 bridgehead atoms. The zero-order valence-corrected chi connectivity index (χ0v) is 13.2. The molecule has 0 unspecified atom stereocenters. The van der Waals surface area contributed by atoms with Gasteiger partial charge in [-0.2, -0.15) is 0 Å². The summed E-state index contributed by atoms with van der Waals surface area (Å²) in [4.78, 5) is 2.35. The van der Waals surface area contributed by atoms with Crippen molar-refractivity contribution in [2.24, 2.45) is 0 Å². The summed E-state index contributed by atoms with van der Waals surface area (Å²) < 4.78 is 10.7. The van der Waals surface area contributed by atoms with Gasteiger partial charge in [0.15, 0.2) is 0 Å². The number of aryl methyl sites for hydroxylation is 1. The first kappa shape index (κ1) is 14.8. The average molecular weight is 299 g/mol. The first-order chi connectivity index (χ1) is 10.7. The normalized spacial score (nSPS) is 17.1. The molecule has 5 nitrogen and oxygen atoms in total. The molecule has 1 aliphatic rings. The van der Waals surface area contributed by atoms with Gasteiger partial charge in [0.05, 0.1) is 13.2 Å². The lowest BCUT2D eigenvalue weighted by atomic mass is 9.98. The summed E-state index contributed by atoms with van der Waals surface area (Å²) >= 11 is 0. The second-order valence-corrected chi connectivity index (χ2v) is 5.54. The standard InChI is InChI=1S/C17H21N3O2/c1-12(17-19-18-13(2)22-17)20-10-8-15(9-11-20)14-4-6-16(21-3)7-5-14/h4-8,12H,9-11H2,1-3H3/t12-/m1/s1. The molecule has 116 valence electrons. The predicted octanol–water partition coefficient (Wildman–Crippen LogP) is 3.24.